The molecule has 0 aliphatic rings. The van der Waals surface area contributed by atoms with Crippen LogP contribution in [0.4, 0.5) is 18.9 Å². The molecule has 3 aromatic rings. The van der Waals surface area contributed by atoms with E-state index >= 15 is 0 Å². The van der Waals surface area contributed by atoms with Crippen LogP contribution in [0.25, 0.3) is 0 Å². The van der Waals surface area contributed by atoms with E-state index in [4.69, 9.17) is 9.47 Å². The van der Waals surface area contributed by atoms with Gasteiger partial charge in [-0.05, 0) is 80.3 Å². The average Bonchev–Trinajstić information content (AvgIpc) is 2.72. The van der Waals surface area contributed by atoms with Crippen LogP contribution in [-0.4, -0.2) is 15.5 Å². The molecule has 0 saturated heterocycles. The van der Waals surface area contributed by atoms with Crippen LogP contribution in [0.2, 0.25) is 0 Å². The largest absolute Gasteiger partial charge is 0.497 e. The number of nitrogens with one attached hydrogen (secondary N) is 1. The molecule has 1 N–H and O–H groups in total. The monoisotopic (exact) mass is 479 g/mol. The number of aryl methyl sites for hydroxylation is 2. The number of hydrogen-bond acceptors (Lipinski definition) is 4. The zero-order chi connectivity index (χ0) is 24.6. The van der Waals surface area contributed by atoms with Gasteiger partial charge in [-0.15, -0.1) is 0 Å². The summed E-state index contributed by atoms with van der Waals surface area (Å²) in [5.74, 6) is 0.663. The molecule has 0 aliphatic heterocycles. The zero-order valence-corrected chi connectivity index (χ0v) is 19.6. The van der Waals surface area contributed by atoms with Gasteiger partial charge < -0.3 is 9.47 Å². The lowest BCUT2D eigenvalue weighted by molar-refractivity contribution is -0.137. The lowest BCUT2D eigenvalue weighted by Crippen LogP contribution is -2.18. The molecule has 0 radical (unpaired) electrons. The molecule has 0 bridgehead atoms. The van der Waals surface area contributed by atoms with Gasteiger partial charge in [0.25, 0.3) is 10.0 Å². The summed E-state index contributed by atoms with van der Waals surface area (Å²) in [5, 5.41) is 0. The third-order valence-electron chi connectivity index (χ3n) is 5.39. The highest BCUT2D eigenvalue weighted by atomic mass is 32.2. The molecule has 5 nitrogen and oxygen atoms in total. The summed E-state index contributed by atoms with van der Waals surface area (Å²) >= 11 is 0. The molecular formula is C24H24F3NO4S. The predicted molar refractivity (Wildman–Crippen MR) is 121 cm³/mol. The Morgan fingerprint density at radius 2 is 1.45 bits per heavy atom. The summed E-state index contributed by atoms with van der Waals surface area (Å²) in [7, 11) is -2.77. The van der Waals surface area contributed by atoms with Crippen molar-refractivity contribution in [3.05, 3.63) is 76.3 Å². The number of anilines is 1. The standard InChI is InChI=1S/C24H24F3NO4S/c1-14-11-15(2)17(4)23(16(14)3)33(29,30)28-21-12-18(24(25,26)27)9-10-22(21)32-20-8-6-7-19(13-20)31-5/h6-13,28H,1-5H3. The fourth-order valence-electron chi connectivity index (χ4n) is 3.45. The second kappa shape index (κ2) is 8.97. The Morgan fingerprint density at radius 1 is 0.848 bits per heavy atom. The Balaban J connectivity index is 2.12. The molecule has 0 heterocycles. The number of halogens is 3. The van der Waals surface area contributed by atoms with E-state index in [1.807, 2.05) is 6.07 Å². The summed E-state index contributed by atoms with van der Waals surface area (Å²) < 4.78 is 80.0. The van der Waals surface area contributed by atoms with Crippen molar-refractivity contribution in [1.82, 2.24) is 0 Å². The molecule has 9 heteroatoms. The van der Waals surface area contributed by atoms with Crippen molar-refractivity contribution in [3.8, 4) is 17.2 Å². The predicted octanol–water partition coefficient (Wildman–Crippen LogP) is 6.54. The minimum Gasteiger partial charge on any atom is -0.497 e. The summed E-state index contributed by atoms with van der Waals surface area (Å²) in [6, 6.07) is 10.9. The average molecular weight is 480 g/mol. The molecular weight excluding hydrogens is 455 g/mol. The first-order valence-electron chi connectivity index (χ1n) is 9.97. The van der Waals surface area contributed by atoms with Crippen LogP contribution >= 0.6 is 0 Å². The molecule has 176 valence electrons. The number of alkyl halides is 3. The molecule has 3 rings (SSSR count). The normalized spacial score (nSPS) is 11.9. The van der Waals surface area contributed by atoms with Crippen molar-refractivity contribution >= 4 is 15.7 Å². The smallest absolute Gasteiger partial charge is 0.416 e. The minimum absolute atomic E-state index is 0.0322. The summed E-state index contributed by atoms with van der Waals surface area (Å²) in [6.45, 7) is 6.89. The number of ether oxygens (including phenoxy) is 2. The van der Waals surface area contributed by atoms with Crippen LogP contribution in [0.5, 0.6) is 17.2 Å². The van der Waals surface area contributed by atoms with E-state index in [9.17, 15) is 21.6 Å². The quantitative estimate of drug-likeness (QED) is 0.436. The van der Waals surface area contributed by atoms with Gasteiger partial charge >= 0.3 is 6.18 Å². The molecule has 0 fully saturated rings. The topological polar surface area (TPSA) is 64.6 Å². The van der Waals surface area contributed by atoms with Gasteiger partial charge in [-0.1, -0.05) is 12.1 Å². The van der Waals surface area contributed by atoms with Gasteiger partial charge in [-0.3, -0.25) is 4.72 Å². The van der Waals surface area contributed by atoms with Gasteiger partial charge in [0.2, 0.25) is 0 Å². The Hall–Kier alpha value is -3.20. The van der Waals surface area contributed by atoms with Gasteiger partial charge in [0.1, 0.15) is 11.5 Å². The number of benzene rings is 3. The zero-order valence-electron chi connectivity index (χ0n) is 18.8. The van der Waals surface area contributed by atoms with Gasteiger partial charge in [0, 0.05) is 6.07 Å². The highest BCUT2D eigenvalue weighted by Crippen LogP contribution is 2.39. The van der Waals surface area contributed by atoms with Crippen LogP contribution in [0.3, 0.4) is 0 Å². The van der Waals surface area contributed by atoms with Crippen molar-refractivity contribution < 1.29 is 31.1 Å². The van der Waals surface area contributed by atoms with Crippen LogP contribution < -0.4 is 14.2 Å². The van der Waals surface area contributed by atoms with Crippen LogP contribution in [0.1, 0.15) is 27.8 Å². The molecule has 33 heavy (non-hydrogen) atoms. The van der Waals surface area contributed by atoms with E-state index in [2.05, 4.69) is 4.72 Å². The van der Waals surface area contributed by atoms with E-state index in [-0.39, 0.29) is 22.1 Å². The molecule has 0 aliphatic carbocycles. The second-order valence-corrected chi connectivity index (χ2v) is 9.30. The first-order chi connectivity index (χ1) is 15.3. The van der Waals surface area contributed by atoms with E-state index in [1.54, 1.807) is 45.9 Å². The Kier molecular flexibility index (Phi) is 6.65. The van der Waals surface area contributed by atoms with Crippen molar-refractivity contribution in [2.45, 2.75) is 38.8 Å². The minimum atomic E-state index is -4.67. The Bertz CT molecular complexity index is 1280. The summed E-state index contributed by atoms with van der Waals surface area (Å²) in [6.07, 6.45) is -4.67. The van der Waals surface area contributed by atoms with E-state index < -0.39 is 21.8 Å². The van der Waals surface area contributed by atoms with Crippen molar-refractivity contribution in [1.29, 1.82) is 0 Å². The van der Waals surface area contributed by atoms with Gasteiger partial charge in [0.05, 0.1) is 23.3 Å². The highest BCUT2D eigenvalue weighted by Gasteiger charge is 2.32. The third-order valence-corrected chi connectivity index (χ3v) is 7.02. The molecule has 0 saturated carbocycles. The maximum Gasteiger partial charge on any atom is 0.416 e. The maximum absolute atomic E-state index is 13.4. The van der Waals surface area contributed by atoms with E-state index in [0.717, 1.165) is 29.3 Å². The lowest BCUT2D eigenvalue weighted by atomic mass is 10.0. The molecule has 0 unspecified atom stereocenters. The first-order valence-corrected chi connectivity index (χ1v) is 11.4. The Labute approximate surface area is 191 Å². The van der Waals surface area contributed by atoms with Crippen LogP contribution in [-0.2, 0) is 16.2 Å². The van der Waals surface area contributed by atoms with Gasteiger partial charge in [-0.25, -0.2) is 8.42 Å². The van der Waals surface area contributed by atoms with E-state index in [0.29, 0.717) is 16.9 Å². The fraction of sp³-hybridized carbons (Fsp3) is 0.250. The van der Waals surface area contributed by atoms with Crippen molar-refractivity contribution in [3.63, 3.8) is 0 Å². The Morgan fingerprint density at radius 3 is 2.03 bits per heavy atom. The maximum atomic E-state index is 13.4. The molecule has 0 spiro atoms. The molecule has 3 aromatic carbocycles. The van der Waals surface area contributed by atoms with Gasteiger partial charge in [-0.2, -0.15) is 13.2 Å². The van der Waals surface area contributed by atoms with Crippen molar-refractivity contribution in [2.75, 3.05) is 11.8 Å². The number of hydrogen-bond donors (Lipinski definition) is 1. The molecule has 0 amide bonds. The summed E-state index contributed by atoms with van der Waals surface area (Å²) in [5.41, 5.74) is 1.23. The SMILES string of the molecule is COc1cccc(Oc2ccc(C(F)(F)F)cc2NS(=O)(=O)c2c(C)c(C)cc(C)c2C)c1. The van der Waals surface area contributed by atoms with Gasteiger partial charge in [0.15, 0.2) is 5.75 Å². The van der Waals surface area contributed by atoms with Crippen molar-refractivity contribution in [2.24, 2.45) is 0 Å². The lowest BCUT2D eigenvalue weighted by Gasteiger charge is -2.19. The highest BCUT2D eigenvalue weighted by molar-refractivity contribution is 7.92. The molecule has 0 aromatic heterocycles. The number of rotatable bonds is 6. The second-order valence-electron chi connectivity index (χ2n) is 7.68. The van der Waals surface area contributed by atoms with E-state index in [1.165, 1.54) is 13.2 Å². The number of sulfonamides is 1. The fourth-order valence-corrected chi connectivity index (χ4v) is 5.13. The number of methoxy groups -OCH3 is 1. The van der Waals surface area contributed by atoms with Crippen LogP contribution in [0.15, 0.2) is 53.4 Å². The summed E-state index contributed by atoms with van der Waals surface area (Å²) in [4.78, 5) is 0.0322. The molecule has 0 atom stereocenters. The third kappa shape index (κ3) is 5.24. The first kappa shape index (κ1) is 24.4. The van der Waals surface area contributed by atoms with Crippen LogP contribution in [0, 0.1) is 27.7 Å².